The summed E-state index contributed by atoms with van der Waals surface area (Å²) < 4.78 is 0.523. The third-order valence-electron chi connectivity index (χ3n) is 3.48. The molecule has 4 nitrogen and oxygen atoms in total. The van der Waals surface area contributed by atoms with E-state index in [4.69, 9.17) is 5.73 Å². The molecule has 0 aliphatic carbocycles. The van der Waals surface area contributed by atoms with E-state index in [1.54, 1.807) is 6.07 Å². The molecule has 21 heavy (non-hydrogen) atoms. The predicted molar refractivity (Wildman–Crippen MR) is 87.4 cm³/mol. The van der Waals surface area contributed by atoms with E-state index in [1.807, 2.05) is 18.2 Å². The van der Waals surface area contributed by atoms with Gasteiger partial charge in [-0.1, -0.05) is 36.4 Å². The van der Waals surface area contributed by atoms with Crippen molar-refractivity contribution in [3.63, 3.8) is 0 Å². The number of aryl methyl sites for hydroxylation is 1. The molecule has 0 heterocycles. The van der Waals surface area contributed by atoms with Gasteiger partial charge in [-0.15, -0.1) is 0 Å². The normalized spacial score (nSPS) is 12.1. The van der Waals surface area contributed by atoms with Gasteiger partial charge >= 0.3 is 0 Å². The Balaban J connectivity index is 2.13. The highest BCUT2D eigenvalue weighted by Crippen LogP contribution is 2.29. The van der Waals surface area contributed by atoms with E-state index < -0.39 is 0 Å². The van der Waals surface area contributed by atoms with E-state index >= 15 is 0 Å². The number of nitro benzene ring substituents is 1. The molecule has 0 saturated heterocycles. The Hall–Kier alpha value is -1.72. The van der Waals surface area contributed by atoms with Gasteiger partial charge in [-0.2, -0.15) is 0 Å². The molecule has 0 aliphatic rings. The summed E-state index contributed by atoms with van der Waals surface area (Å²) in [5.74, 6) is 0. The molecule has 2 aromatic rings. The first kappa shape index (κ1) is 15.7. The van der Waals surface area contributed by atoms with Crippen LogP contribution in [-0.2, 0) is 12.8 Å². The van der Waals surface area contributed by atoms with Crippen molar-refractivity contribution < 1.29 is 4.92 Å². The van der Waals surface area contributed by atoms with Crippen LogP contribution in [0, 0.1) is 17.0 Å². The minimum Gasteiger partial charge on any atom is -0.327 e. The fraction of sp³-hybridized carbons (Fsp3) is 0.250. The number of halogens is 1. The Kier molecular flexibility index (Phi) is 5.09. The molecule has 5 heteroatoms. The van der Waals surface area contributed by atoms with Crippen molar-refractivity contribution in [3.8, 4) is 0 Å². The first-order valence-electron chi connectivity index (χ1n) is 6.71. The van der Waals surface area contributed by atoms with Gasteiger partial charge in [0.05, 0.1) is 9.40 Å². The number of hydrogen-bond acceptors (Lipinski definition) is 3. The Bertz CT molecular complexity index is 658. The van der Waals surface area contributed by atoms with Crippen LogP contribution in [0.15, 0.2) is 46.9 Å². The number of benzene rings is 2. The summed E-state index contributed by atoms with van der Waals surface area (Å²) in [7, 11) is 0. The molecular formula is C16H17BrN2O2. The van der Waals surface area contributed by atoms with E-state index in [-0.39, 0.29) is 16.7 Å². The zero-order chi connectivity index (χ0) is 15.4. The molecule has 0 radical (unpaired) electrons. The zero-order valence-electron chi connectivity index (χ0n) is 11.8. The molecule has 0 spiro atoms. The molecule has 110 valence electrons. The molecule has 2 aromatic carbocycles. The summed E-state index contributed by atoms with van der Waals surface area (Å²) in [5.41, 5.74) is 9.58. The third-order valence-corrected chi connectivity index (χ3v) is 4.40. The van der Waals surface area contributed by atoms with Crippen LogP contribution in [0.4, 0.5) is 5.69 Å². The second-order valence-corrected chi connectivity index (χ2v) is 5.90. The zero-order valence-corrected chi connectivity index (χ0v) is 13.3. The first-order chi connectivity index (χ1) is 9.99. The van der Waals surface area contributed by atoms with Crippen LogP contribution in [-0.4, -0.2) is 11.0 Å². The molecule has 0 aliphatic heterocycles. The predicted octanol–water partition coefficient (Wildman–Crippen LogP) is 3.78. The minimum absolute atomic E-state index is 0.0793. The summed E-state index contributed by atoms with van der Waals surface area (Å²) in [4.78, 5) is 10.6. The van der Waals surface area contributed by atoms with Crippen molar-refractivity contribution in [1.82, 2.24) is 0 Å². The largest absolute Gasteiger partial charge is 0.327 e. The lowest BCUT2D eigenvalue weighted by Crippen LogP contribution is -2.26. The van der Waals surface area contributed by atoms with Crippen LogP contribution in [0.2, 0.25) is 0 Å². The summed E-state index contributed by atoms with van der Waals surface area (Å²) in [5, 5.41) is 10.9. The Labute approximate surface area is 132 Å². The molecular weight excluding hydrogens is 332 g/mol. The Morgan fingerprint density at radius 3 is 2.43 bits per heavy atom. The number of rotatable bonds is 5. The van der Waals surface area contributed by atoms with Crippen LogP contribution in [0.1, 0.15) is 16.7 Å². The first-order valence-corrected chi connectivity index (χ1v) is 7.50. The van der Waals surface area contributed by atoms with Gasteiger partial charge in [-0.3, -0.25) is 10.1 Å². The molecule has 0 saturated carbocycles. The SMILES string of the molecule is Cc1ccccc1CC(N)Cc1cccc([N+](=O)[O-])c1Br. The van der Waals surface area contributed by atoms with Crippen LogP contribution in [0.3, 0.4) is 0 Å². The van der Waals surface area contributed by atoms with Crippen LogP contribution >= 0.6 is 15.9 Å². The van der Waals surface area contributed by atoms with Crippen LogP contribution in [0.5, 0.6) is 0 Å². The second-order valence-electron chi connectivity index (χ2n) is 5.10. The summed E-state index contributed by atoms with van der Waals surface area (Å²) in [6.07, 6.45) is 1.35. The lowest BCUT2D eigenvalue weighted by atomic mass is 9.97. The van der Waals surface area contributed by atoms with E-state index in [0.717, 1.165) is 12.0 Å². The Morgan fingerprint density at radius 1 is 1.14 bits per heavy atom. The minimum atomic E-state index is -0.388. The summed E-state index contributed by atoms with van der Waals surface area (Å²) in [6.45, 7) is 2.06. The molecule has 0 fully saturated rings. The number of nitro groups is 1. The molecule has 2 N–H and O–H groups in total. The Morgan fingerprint density at radius 2 is 1.76 bits per heavy atom. The lowest BCUT2D eigenvalue weighted by molar-refractivity contribution is -0.385. The smallest absolute Gasteiger partial charge is 0.283 e. The highest BCUT2D eigenvalue weighted by Gasteiger charge is 2.17. The summed E-state index contributed by atoms with van der Waals surface area (Å²) >= 11 is 3.31. The molecule has 1 atom stereocenters. The van der Waals surface area contributed by atoms with Crippen molar-refractivity contribution in [2.24, 2.45) is 5.73 Å². The lowest BCUT2D eigenvalue weighted by Gasteiger charge is -2.14. The highest BCUT2D eigenvalue weighted by atomic mass is 79.9. The van der Waals surface area contributed by atoms with Gasteiger partial charge in [-0.05, 0) is 52.4 Å². The average Bonchev–Trinajstić information content (AvgIpc) is 2.43. The van der Waals surface area contributed by atoms with Gasteiger partial charge in [-0.25, -0.2) is 0 Å². The molecule has 1 unspecified atom stereocenters. The van der Waals surface area contributed by atoms with E-state index in [2.05, 4.69) is 35.0 Å². The van der Waals surface area contributed by atoms with Gasteiger partial charge in [0.25, 0.3) is 5.69 Å². The van der Waals surface area contributed by atoms with E-state index in [9.17, 15) is 10.1 Å². The van der Waals surface area contributed by atoms with Gasteiger partial charge in [0, 0.05) is 12.1 Å². The maximum absolute atomic E-state index is 10.9. The maximum Gasteiger partial charge on any atom is 0.283 e. The molecule has 0 bridgehead atoms. The average molecular weight is 349 g/mol. The highest BCUT2D eigenvalue weighted by molar-refractivity contribution is 9.10. The number of hydrogen-bond donors (Lipinski definition) is 1. The van der Waals surface area contributed by atoms with E-state index in [1.165, 1.54) is 17.2 Å². The maximum atomic E-state index is 10.9. The van der Waals surface area contributed by atoms with Crippen molar-refractivity contribution in [2.75, 3.05) is 0 Å². The van der Waals surface area contributed by atoms with E-state index in [0.29, 0.717) is 10.9 Å². The van der Waals surface area contributed by atoms with Crippen molar-refractivity contribution in [2.45, 2.75) is 25.8 Å². The molecule has 0 amide bonds. The van der Waals surface area contributed by atoms with Crippen molar-refractivity contribution in [1.29, 1.82) is 0 Å². The topological polar surface area (TPSA) is 69.2 Å². The second kappa shape index (κ2) is 6.83. The van der Waals surface area contributed by atoms with Gasteiger partial charge in [0.2, 0.25) is 0 Å². The summed E-state index contributed by atoms with van der Waals surface area (Å²) in [6, 6.07) is 13.1. The monoisotopic (exact) mass is 348 g/mol. The molecule has 0 aromatic heterocycles. The fourth-order valence-corrected chi connectivity index (χ4v) is 2.91. The molecule has 2 rings (SSSR count). The quantitative estimate of drug-likeness (QED) is 0.660. The van der Waals surface area contributed by atoms with Gasteiger partial charge < -0.3 is 5.73 Å². The number of nitrogens with two attached hydrogens (primary N) is 1. The van der Waals surface area contributed by atoms with Crippen molar-refractivity contribution >= 4 is 21.6 Å². The van der Waals surface area contributed by atoms with Crippen LogP contribution in [0.25, 0.3) is 0 Å². The van der Waals surface area contributed by atoms with Crippen molar-refractivity contribution in [3.05, 3.63) is 73.7 Å². The number of nitrogens with zero attached hydrogens (tertiary/aromatic N) is 1. The third kappa shape index (κ3) is 3.89. The van der Waals surface area contributed by atoms with Gasteiger partial charge in [0.15, 0.2) is 0 Å². The van der Waals surface area contributed by atoms with Gasteiger partial charge in [0.1, 0.15) is 0 Å². The van der Waals surface area contributed by atoms with Crippen LogP contribution < -0.4 is 5.73 Å². The fourth-order valence-electron chi connectivity index (χ4n) is 2.34. The standard InChI is InChI=1S/C16H17BrN2O2/c1-11-5-2-3-6-12(11)9-14(18)10-13-7-4-8-15(16(13)17)19(20)21/h2-8,14H,9-10,18H2,1H3.